The van der Waals surface area contributed by atoms with E-state index in [1.807, 2.05) is 24.3 Å². The maximum absolute atomic E-state index is 5.73. The van der Waals surface area contributed by atoms with E-state index in [1.165, 1.54) is 5.56 Å². The van der Waals surface area contributed by atoms with Gasteiger partial charge in [0.25, 0.3) is 0 Å². The second-order valence-corrected chi connectivity index (χ2v) is 2.84. The van der Waals surface area contributed by atoms with Crippen LogP contribution in [-0.2, 0) is 0 Å². The summed E-state index contributed by atoms with van der Waals surface area (Å²) < 4.78 is 0. The smallest absolute Gasteiger partial charge is 0.0224 e. The molecule has 1 nitrogen and oxygen atoms in total. The Kier molecular flexibility index (Phi) is 3.55. The van der Waals surface area contributed by atoms with Gasteiger partial charge in [-0.15, -0.1) is 0 Å². The van der Waals surface area contributed by atoms with Gasteiger partial charge in [0.2, 0.25) is 0 Å². The van der Waals surface area contributed by atoms with Crippen molar-refractivity contribution < 1.29 is 0 Å². The molecule has 1 aromatic carbocycles. The van der Waals surface area contributed by atoms with Crippen molar-refractivity contribution in [1.82, 2.24) is 0 Å². The third kappa shape index (κ3) is 2.89. The van der Waals surface area contributed by atoms with Crippen molar-refractivity contribution >= 4 is 6.08 Å². The lowest BCUT2D eigenvalue weighted by atomic mass is 10.1. The molecule has 0 aliphatic rings. The summed E-state index contributed by atoms with van der Waals surface area (Å²) in [6.45, 7) is 2.08. The van der Waals surface area contributed by atoms with Gasteiger partial charge in [-0.3, -0.25) is 0 Å². The van der Waals surface area contributed by atoms with Crippen LogP contribution in [0.2, 0.25) is 0 Å². The molecule has 0 fully saturated rings. The Labute approximate surface area is 73.9 Å². The van der Waals surface area contributed by atoms with Gasteiger partial charge in [-0.1, -0.05) is 49.4 Å². The third-order valence-corrected chi connectivity index (χ3v) is 1.81. The van der Waals surface area contributed by atoms with Gasteiger partial charge < -0.3 is 5.73 Å². The lowest BCUT2D eigenvalue weighted by molar-refractivity contribution is 0.785. The van der Waals surface area contributed by atoms with E-state index in [4.69, 9.17) is 5.73 Å². The van der Waals surface area contributed by atoms with E-state index in [0.717, 1.165) is 6.42 Å². The second-order valence-electron chi connectivity index (χ2n) is 2.84. The molecule has 1 heteroatoms. The van der Waals surface area contributed by atoms with E-state index < -0.39 is 0 Å². The van der Waals surface area contributed by atoms with Crippen LogP contribution in [0.4, 0.5) is 0 Å². The van der Waals surface area contributed by atoms with Crippen LogP contribution >= 0.6 is 0 Å². The molecular formula is C11H15N. The van der Waals surface area contributed by atoms with Crippen molar-refractivity contribution in [3.05, 3.63) is 42.0 Å². The highest BCUT2D eigenvalue weighted by Gasteiger charge is 1.90. The molecule has 1 atom stereocenters. The fourth-order valence-corrected chi connectivity index (χ4v) is 0.935. The van der Waals surface area contributed by atoms with Crippen LogP contribution in [0, 0.1) is 0 Å². The van der Waals surface area contributed by atoms with Crippen LogP contribution in [0.5, 0.6) is 0 Å². The normalized spacial score (nSPS) is 13.5. The number of rotatable bonds is 3. The SMILES string of the molecule is CC[C@H](N)/C=C/c1ccccc1. The van der Waals surface area contributed by atoms with Gasteiger partial charge in [0, 0.05) is 6.04 Å². The average molecular weight is 161 g/mol. The first-order valence-corrected chi connectivity index (χ1v) is 4.31. The highest BCUT2D eigenvalue weighted by molar-refractivity contribution is 5.49. The Morgan fingerprint density at radius 3 is 2.58 bits per heavy atom. The molecular weight excluding hydrogens is 146 g/mol. The standard InChI is InChI=1S/C11H15N/c1-2-11(12)9-8-10-6-4-3-5-7-10/h3-9,11H,2,12H2,1H3/b9-8+/t11-/m0/s1. The number of nitrogens with two attached hydrogens (primary N) is 1. The van der Waals surface area contributed by atoms with E-state index in [1.54, 1.807) is 0 Å². The molecule has 0 aromatic heterocycles. The fraction of sp³-hybridized carbons (Fsp3) is 0.273. The maximum atomic E-state index is 5.73. The molecule has 0 saturated heterocycles. The van der Waals surface area contributed by atoms with E-state index in [2.05, 4.69) is 25.1 Å². The Balaban J connectivity index is 2.58. The highest BCUT2D eigenvalue weighted by Crippen LogP contribution is 2.02. The zero-order valence-electron chi connectivity index (χ0n) is 7.40. The Morgan fingerprint density at radius 1 is 1.33 bits per heavy atom. The molecule has 0 saturated carbocycles. The molecule has 0 spiro atoms. The predicted octanol–water partition coefficient (Wildman–Crippen LogP) is 2.44. The van der Waals surface area contributed by atoms with E-state index in [0.29, 0.717) is 0 Å². The van der Waals surface area contributed by atoms with Crippen molar-refractivity contribution in [3.63, 3.8) is 0 Å². The lowest BCUT2D eigenvalue weighted by Crippen LogP contribution is -2.14. The zero-order valence-corrected chi connectivity index (χ0v) is 7.40. The van der Waals surface area contributed by atoms with E-state index in [-0.39, 0.29) is 6.04 Å². The first-order valence-electron chi connectivity index (χ1n) is 4.31. The van der Waals surface area contributed by atoms with Crippen LogP contribution in [0.25, 0.3) is 6.08 Å². The summed E-state index contributed by atoms with van der Waals surface area (Å²) in [5.41, 5.74) is 6.94. The molecule has 0 amide bonds. The molecule has 0 aliphatic carbocycles. The molecule has 1 aromatic rings. The molecule has 0 bridgehead atoms. The van der Waals surface area contributed by atoms with E-state index >= 15 is 0 Å². The number of hydrogen-bond acceptors (Lipinski definition) is 1. The lowest BCUT2D eigenvalue weighted by Gasteiger charge is -1.99. The summed E-state index contributed by atoms with van der Waals surface area (Å²) in [6, 6.07) is 10.4. The largest absolute Gasteiger partial charge is 0.324 e. The zero-order chi connectivity index (χ0) is 8.81. The van der Waals surface area contributed by atoms with Crippen LogP contribution in [0.3, 0.4) is 0 Å². The van der Waals surface area contributed by atoms with Gasteiger partial charge in [0.1, 0.15) is 0 Å². The molecule has 0 radical (unpaired) electrons. The molecule has 2 N–H and O–H groups in total. The van der Waals surface area contributed by atoms with Crippen LogP contribution in [-0.4, -0.2) is 6.04 Å². The summed E-state index contributed by atoms with van der Waals surface area (Å²) in [4.78, 5) is 0. The monoisotopic (exact) mass is 161 g/mol. The minimum Gasteiger partial charge on any atom is -0.324 e. The quantitative estimate of drug-likeness (QED) is 0.724. The Hall–Kier alpha value is -1.08. The van der Waals surface area contributed by atoms with Crippen molar-refractivity contribution in [2.45, 2.75) is 19.4 Å². The minimum atomic E-state index is 0.185. The first-order chi connectivity index (χ1) is 5.83. The molecule has 0 aliphatic heterocycles. The molecule has 0 unspecified atom stereocenters. The Bertz CT molecular complexity index is 238. The van der Waals surface area contributed by atoms with Gasteiger partial charge in [0.05, 0.1) is 0 Å². The van der Waals surface area contributed by atoms with Gasteiger partial charge in [0.15, 0.2) is 0 Å². The number of hydrogen-bond donors (Lipinski definition) is 1. The molecule has 0 heterocycles. The van der Waals surface area contributed by atoms with Crippen LogP contribution in [0.1, 0.15) is 18.9 Å². The summed E-state index contributed by atoms with van der Waals surface area (Å²) >= 11 is 0. The number of benzene rings is 1. The highest BCUT2D eigenvalue weighted by atomic mass is 14.6. The Morgan fingerprint density at radius 2 is 2.00 bits per heavy atom. The predicted molar refractivity (Wildman–Crippen MR) is 53.7 cm³/mol. The van der Waals surface area contributed by atoms with Gasteiger partial charge in [-0.25, -0.2) is 0 Å². The van der Waals surface area contributed by atoms with Crippen molar-refractivity contribution in [3.8, 4) is 0 Å². The summed E-state index contributed by atoms with van der Waals surface area (Å²) in [7, 11) is 0. The molecule has 64 valence electrons. The minimum absolute atomic E-state index is 0.185. The summed E-state index contributed by atoms with van der Waals surface area (Å²) in [5.74, 6) is 0. The van der Waals surface area contributed by atoms with Gasteiger partial charge in [-0.2, -0.15) is 0 Å². The van der Waals surface area contributed by atoms with Crippen molar-refractivity contribution in [2.75, 3.05) is 0 Å². The fourth-order valence-electron chi connectivity index (χ4n) is 0.935. The van der Waals surface area contributed by atoms with Gasteiger partial charge >= 0.3 is 0 Å². The maximum Gasteiger partial charge on any atom is 0.0224 e. The molecule has 12 heavy (non-hydrogen) atoms. The van der Waals surface area contributed by atoms with Crippen LogP contribution in [0.15, 0.2) is 36.4 Å². The van der Waals surface area contributed by atoms with Crippen molar-refractivity contribution in [2.24, 2.45) is 5.73 Å². The van der Waals surface area contributed by atoms with E-state index in [9.17, 15) is 0 Å². The van der Waals surface area contributed by atoms with Gasteiger partial charge in [-0.05, 0) is 12.0 Å². The second kappa shape index (κ2) is 4.73. The topological polar surface area (TPSA) is 26.0 Å². The third-order valence-electron chi connectivity index (χ3n) is 1.81. The molecule has 1 rings (SSSR count). The average Bonchev–Trinajstić information content (AvgIpc) is 2.16. The summed E-state index contributed by atoms with van der Waals surface area (Å²) in [5, 5.41) is 0. The first kappa shape index (κ1) is 9.01. The van der Waals surface area contributed by atoms with Crippen LogP contribution < -0.4 is 5.73 Å². The van der Waals surface area contributed by atoms with Crippen molar-refractivity contribution in [1.29, 1.82) is 0 Å². The summed E-state index contributed by atoms with van der Waals surface area (Å²) in [6.07, 6.45) is 5.09.